The number of sulfone groups is 1. The first-order valence-electron chi connectivity index (χ1n) is 4.98. The van der Waals surface area contributed by atoms with E-state index in [2.05, 4.69) is 6.58 Å². The molecule has 0 aliphatic carbocycles. The molecule has 1 fully saturated rings. The molecule has 0 aromatic rings. The number of aliphatic carboxylic acids is 1. The minimum atomic E-state index is -2.82. The number of hydrogen-bond acceptors (Lipinski definition) is 3. The molecule has 0 saturated carbocycles. The maximum atomic E-state index is 11.1. The third kappa shape index (κ3) is 4.46. The minimum Gasteiger partial charge on any atom is -0.481 e. The van der Waals surface area contributed by atoms with Crippen LogP contribution in [0.25, 0.3) is 0 Å². The fourth-order valence-corrected chi connectivity index (χ4v) is 3.43. The molecule has 0 spiro atoms. The third-order valence-corrected chi connectivity index (χ3v) is 4.37. The number of carbonyl (C=O) groups is 1. The number of rotatable bonds is 4. The van der Waals surface area contributed by atoms with Crippen molar-refractivity contribution in [2.75, 3.05) is 11.5 Å². The van der Waals surface area contributed by atoms with Crippen molar-refractivity contribution in [1.29, 1.82) is 0 Å². The van der Waals surface area contributed by atoms with Crippen LogP contribution in [0, 0.1) is 5.92 Å². The Morgan fingerprint density at radius 2 is 1.87 bits per heavy atom. The molecular formula is C10H16O4S. The lowest BCUT2D eigenvalue weighted by molar-refractivity contribution is -0.136. The van der Waals surface area contributed by atoms with Crippen molar-refractivity contribution in [3.05, 3.63) is 12.2 Å². The Morgan fingerprint density at radius 1 is 1.33 bits per heavy atom. The van der Waals surface area contributed by atoms with E-state index in [0.717, 1.165) is 0 Å². The van der Waals surface area contributed by atoms with Gasteiger partial charge >= 0.3 is 5.97 Å². The van der Waals surface area contributed by atoms with Crippen LogP contribution in [0.5, 0.6) is 0 Å². The van der Waals surface area contributed by atoms with Crippen molar-refractivity contribution >= 4 is 15.8 Å². The first-order chi connectivity index (χ1) is 6.89. The van der Waals surface area contributed by atoms with Crippen LogP contribution in [0.15, 0.2) is 12.2 Å². The molecule has 0 radical (unpaired) electrons. The van der Waals surface area contributed by atoms with Crippen LogP contribution in [0.4, 0.5) is 0 Å². The van der Waals surface area contributed by atoms with Gasteiger partial charge in [-0.25, -0.2) is 8.42 Å². The van der Waals surface area contributed by atoms with Gasteiger partial charge in [0.25, 0.3) is 0 Å². The molecule has 1 saturated heterocycles. The zero-order valence-electron chi connectivity index (χ0n) is 8.61. The number of carboxylic acids is 1. The first kappa shape index (κ1) is 12.2. The Bertz CT molecular complexity index is 342. The van der Waals surface area contributed by atoms with E-state index in [9.17, 15) is 13.2 Å². The molecule has 1 aliphatic rings. The van der Waals surface area contributed by atoms with E-state index in [-0.39, 0.29) is 17.9 Å². The molecule has 1 heterocycles. The van der Waals surface area contributed by atoms with Crippen LogP contribution in [-0.4, -0.2) is 31.0 Å². The minimum absolute atomic E-state index is 0.0107. The molecule has 15 heavy (non-hydrogen) atoms. The molecule has 5 heteroatoms. The fraction of sp³-hybridized carbons (Fsp3) is 0.700. The summed E-state index contributed by atoms with van der Waals surface area (Å²) < 4.78 is 22.3. The highest BCUT2D eigenvalue weighted by Gasteiger charge is 2.24. The second-order valence-corrected chi connectivity index (χ2v) is 6.42. The summed E-state index contributed by atoms with van der Waals surface area (Å²) in [5, 5.41) is 8.54. The zero-order valence-corrected chi connectivity index (χ0v) is 9.42. The molecular weight excluding hydrogens is 216 g/mol. The van der Waals surface area contributed by atoms with Crippen molar-refractivity contribution in [2.24, 2.45) is 5.92 Å². The van der Waals surface area contributed by atoms with Gasteiger partial charge in [0.15, 0.2) is 0 Å². The first-order valence-corrected chi connectivity index (χ1v) is 6.80. The van der Waals surface area contributed by atoms with Gasteiger partial charge in [0.05, 0.1) is 17.9 Å². The lowest BCUT2D eigenvalue weighted by Crippen LogP contribution is -2.23. The van der Waals surface area contributed by atoms with Gasteiger partial charge < -0.3 is 5.11 Å². The summed E-state index contributed by atoms with van der Waals surface area (Å²) in [6, 6.07) is 0. The molecule has 0 aromatic carbocycles. The highest BCUT2D eigenvalue weighted by Crippen LogP contribution is 2.25. The van der Waals surface area contributed by atoms with Crippen molar-refractivity contribution in [3.8, 4) is 0 Å². The number of hydrogen-bond donors (Lipinski definition) is 1. The predicted molar refractivity (Wildman–Crippen MR) is 57.4 cm³/mol. The molecule has 0 aromatic heterocycles. The topological polar surface area (TPSA) is 71.4 Å². The van der Waals surface area contributed by atoms with E-state index in [0.29, 0.717) is 30.8 Å². The largest absolute Gasteiger partial charge is 0.481 e. The lowest BCUT2D eigenvalue weighted by Gasteiger charge is -2.22. The predicted octanol–water partition coefficient (Wildman–Crippen LogP) is 1.23. The standard InChI is InChI=1S/C10H16O4S/c1-8(7-10(11)12)6-9-2-4-15(13,14)5-3-9/h9H,1-7H2,(H,11,12). The van der Waals surface area contributed by atoms with E-state index in [4.69, 9.17) is 5.11 Å². The van der Waals surface area contributed by atoms with Crippen LogP contribution in [0.1, 0.15) is 25.7 Å². The van der Waals surface area contributed by atoms with Gasteiger partial charge in [-0.2, -0.15) is 0 Å². The maximum Gasteiger partial charge on any atom is 0.307 e. The van der Waals surface area contributed by atoms with E-state index in [1.54, 1.807) is 0 Å². The van der Waals surface area contributed by atoms with Crippen molar-refractivity contribution in [1.82, 2.24) is 0 Å². The summed E-state index contributed by atoms with van der Waals surface area (Å²) in [6.07, 6.45) is 1.91. The summed E-state index contributed by atoms with van der Waals surface area (Å²) >= 11 is 0. The average molecular weight is 232 g/mol. The second-order valence-electron chi connectivity index (χ2n) is 4.12. The zero-order chi connectivity index (χ0) is 11.5. The van der Waals surface area contributed by atoms with Crippen LogP contribution >= 0.6 is 0 Å². The Balaban J connectivity index is 2.36. The Hall–Kier alpha value is -0.840. The van der Waals surface area contributed by atoms with Gasteiger partial charge in [-0.05, 0) is 25.2 Å². The van der Waals surface area contributed by atoms with Crippen molar-refractivity contribution < 1.29 is 18.3 Å². The molecule has 0 atom stereocenters. The average Bonchev–Trinajstić information content (AvgIpc) is 2.07. The molecule has 0 amide bonds. The van der Waals surface area contributed by atoms with E-state index in [1.807, 2.05) is 0 Å². The Morgan fingerprint density at radius 3 is 2.33 bits per heavy atom. The van der Waals surface area contributed by atoms with Crippen molar-refractivity contribution in [2.45, 2.75) is 25.7 Å². The highest BCUT2D eigenvalue weighted by atomic mass is 32.2. The quantitative estimate of drug-likeness (QED) is 0.740. The number of carboxylic acid groups (broad SMARTS) is 1. The van der Waals surface area contributed by atoms with Gasteiger partial charge in [0.2, 0.25) is 0 Å². The van der Waals surface area contributed by atoms with E-state index >= 15 is 0 Å². The van der Waals surface area contributed by atoms with Crippen LogP contribution in [-0.2, 0) is 14.6 Å². The summed E-state index contributed by atoms with van der Waals surface area (Å²) in [6.45, 7) is 3.70. The third-order valence-electron chi connectivity index (χ3n) is 2.65. The molecule has 86 valence electrons. The molecule has 1 rings (SSSR count). The monoisotopic (exact) mass is 232 g/mol. The fourth-order valence-electron chi connectivity index (χ4n) is 1.84. The summed E-state index contributed by atoms with van der Waals surface area (Å²) in [5.41, 5.74) is 0.687. The second kappa shape index (κ2) is 4.79. The lowest BCUT2D eigenvalue weighted by atomic mass is 9.93. The molecule has 1 N–H and O–H groups in total. The smallest absolute Gasteiger partial charge is 0.307 e. The summed E-state index contributed by atoms with van der Waals surface area (Å²) in [5.74, 6) is -0.112. The van der Waals surface area contributed by atoms with E-state index in [1.165, 1.54) is 0 Å². The molecule has 0 bridgehead atoms. The maximum absolute atomic E-state index is 11.1. The van der Waals surface area contributed by atoms with Gasteiger partial charge in [0.1, 0.15) is 9.84 Å². The SMILES string of the molecule is C=C(CC(=O)O)CC1CCS(=O)(=O)CC1. The van der Waals surface area contributed by atoms with Gasteiger partial charge in [-0.3, -0.25) is 4.79 Å². The summed E-state index contributed by atoms with van der Waals surface area (Å²) in [4.78, 5) is 10.4. The highest BCUT2D eigenvalue weighted by molar-refractivity contribution is 7.91. The molecule has 0 unspecified atom stereocenters. The van der Waals surface area contributed by atoms with Gasteiger partial charge in [-0.15, -0.1) is 0 Å². The van der Waals surface area contributed by atoms with E-state index < -0.39 is 15.8 Å². The summed E-state index contributed by atoms with van der Waals surface area (Å²) in [7, 11) is -2.82. The van der Waals surface area contributed by atoms with Crippen LogP contribution in [0.3, 0.4) is 0 Å². The van der Waals surface area contributed by atoms with Gasteiger partial charge in [0, 0.05) is 0 Å². The van der Waals surface area contributed by atoms with Crippen molar-refractivity contribution in [3.63, 3.8) is 0 Å². The molecule has 1 aliphatic heterocycles. The molecule has 4 nitrogen and oxygen atoms in total. The van der Waals surface area contributed by atoms with Gasteiger partial charge in [-0.1, -0.05) is 12.2 Å². The van der Waals surface area contributed by atoms with Crippen LogP contribution in [0.2, 0.25) is 0 Å². The Kier molecular flexibility index (Phi) is 3.90. The normalized spacial score (nSPS) is 21.1. The Labute approximate surface area is 89.9 Å². The van der Waals surface area contributed by atoms with Crippen LogP contribution < -0.4 is 0 Å².